The van der Waals surface area contributed by atoms with Crippen LogP contribution < -0.4 is 10.2 Å². The maximum atomic E-state index is 5.48. The highest BCUT2D eigenvalue weighted by atomic mass is 16.5. The van der Waals surface area contributed by atoms with Crippen molar-refractivity contribution in [3.05, 3.63) is 11.9 Å². The summed E-state index contributed by atoms with van der Waals surface area (Å²) < 4.78 is 5.48. The molecular formula is C13H22N4O. The minimum Gasteiger partial charge on any atom is -0.377 e. The summed E-state index contributed by atoms with van der Waals surface area (Å²) in [7, 11) is 0. The zero-order valence-corrected chi connectivity index (χ0v) is 11.4. The quantitative estimate of drug-likeness (QED) is 0.881. The molecule has 1 aromatic heterocycles. The van der Waals surface area contributed by atoms with Gasteiger partial charge in [-0.2, -0.15) is 0 Å². The minimum atomic E-state index is 0.369. The van der Waals surface area contributed by atoms with Crippen molar-refractivity contribution in [1.82, 2.24) is 9.97 Å². The Morgan fingerprint density at radius 2 is 2.28 bits per heavy atom. The highest BCUT2D eigenvalue weighted by molar-refractivity contribution is 5.59. The Bertz CT molecular complexity index is 397. The number of hydrogen-bond donors (Lipinski definition) is 1. The molecule has 0 saturated carbocycles. The van der Waals surface area contributed by atoms with E-state index in [2.05, 4.69) is 41.0 Å². The summed E-state index contributed by atoms with van der Waals surface area (Å²) in [6, 6.07) is 0.369. The van der Waals surface area contributed by atoms with Crippen LogP contribution in [0.3, 0.4) is 0 Å². The fraction of sp³-hybridized carbons (Fsp3) is 0.692. The number of anilines is 2. The van der Waals surface area contributed by atoms with Crippen molar-refractivity contribution in [3.63, 3.8) is 0 Å². The molecule has 1 N–H and O–H groups in total. The molecular weight excluding hydrogens is 228 g/mol. The number of hydrogen-bond acceptors (Lipinski definition) is 5. The first kappa shape index (κ1) is 13.1. The second kappa shape index (κ2) is 6.00. The second-order valence-corrected chi connectivity index (χ2v) is 4.53. The molecule has 1 saturated heterocycles. The molecule has 0 aliphatic carbocycles. The molecule has 2 heterocycles. The van der Waals surface area contributed by atoms with E-state index < -0.39 is 0 Å². The van der Waals surface area contributed by atoms with Gasteiger partial charge in [-0.25, -0.2) is 9.97 Å². The predicted molar refractivity (Wildman–Crippen MR) is 73.2 cm³/mol. The van der Waals surface area contributed by atoms with Crippen LogP contribution in [0.5, 0.6) is 0 Å². The summed E-state index contributed by atoms with van der Waals surface area (Å²) in [6.45, 7) is 9.72. The molecule has 1 aliphatic rings. The van der Waals surface area contributed by atoms with E-state index in [9.17, 15) is 0 Å². The molecule has 0 radical (unpaired) electrons. The number of nitrogens with zero attached hydrogens (tertiary/aromatic N) is 3. The van der Waals surface area contributed by atoms with E-state index in [1.54, 1.807) is 6.33 Å². The molecule has 0 amide bonds. The second-order valence-electron chi connectivity index (χ2n) is 4.53. The lowest BCUT2D eigenvalue weighted by Gasteiger charge is -2.35. The molecule has 5 nitrogen and oxygen atoms in total. The van der Waals surface area contributed by atoms with Crippen LogP contribution >= 0.6 is 0 Å². The van der Waals surface area contributed by atoms with Crippen molar-refractivity contribution in [2.75, 3.05) is 36.5 Å². The van der Waals surface area contributed by atoms with Crippen molar-refractivity contribution in [2.45, 2.75) is 33.2 Å². The van der Waals surface area contributed by atoms with Gasteiger partial charge in [0.2, 0.25) is 0 Å². The van der Waals surface area contributed by atoms with E-state index in [4.69, 9.17) is 4.74 Å². The first-order valence-electron chi connectivity index (χ1n) is 6.70. The van der Waals surface area contributed by atoms with E-state index >= 15 is 0 Å². The van der Waals surface area contributed by atoms with Gasteiger partial charge in [0.05, 0.1) is 19.3 Å². The van der Waals surface area contributed by atoms with Gasteiger partial charge in [0.15, 0.2) is 0 Å². The van der Waals surface area contributed by atoms with Gasteiger partial charge in [0, 0.05) is 18.7 Å². The summed E-state index contributed by atoms with van der Waals surface area (Å²) in [5.41, 5.74) is 1.20. The van der Waals surface area contributed by atoms with Gasteiger partial charge in [-0.15, -0.1) is 0 Å². The first-order chi connectivity index (χ1) is 8.77. The Kier molecular flexibility index (Phi) is 4.36. The van der Waals surface area contributed by atoms with Gasteiger partial charge < -0.3 is 15.0 Å². The molecule has 18 heavy (non-hydrogen) atoms. The smallest absolute Gasteiger partial charge is 0.137 e. The van der Waals surface area contributed by atoms with Gasteiger partial charge in [0.25, 0.3) is 0 Å². The molecule has 1 fully saturated rings. The normalized spacial score (nSPS) is 19.9. The van der Waals surface area contributed by atoms with Crippen LogP contribution in [0.1, 0.15) is 26.3 Å². The summed E-state index contributed by atoms with van der Waals surface area (Å²) in [6.07, 6.45) is 2.58. The molecule has 2 rings (SSSR count). The van der Waals surface area contributed by atoms with Crippen molar-refractivity contribution < 1.29 is 4.74 Å². The Morgan fingerprint density at radius 1 is 1.44 bits per heavy atom. The summed E-state index contributed by atoms with van der Waals surface area (Å²) in [5, 5.41) is 3.31. The number of ether oxygens (including phenoxy) is 1. The third-order valence-corrected chi connectivity index (χ3v) is 3.26. The van der Waals surface area contributed by atoms with E-state index in [1.165, 1.54) is 5.56 Å². The van der Waals surface area contributed by atoms with Gasteiger partial charge in [-0.05, 0) is 20.3 Å². The summed E-state index contributed by atoms with van der Waals surface area (Å²) in [4.78, 5) is 11.1. The third kappa shape index (κ3) is 2.56. The number of rotatable bonds is 4. The standard InChI is InChI=1S/C13H22N4O/c1-4-11-12(14-5-2)15-9-16-13(11)17-6-7-18-8-10(17)3/h9-10H,4-8H2,1-3H3,(H,14,15,16). The Labute approximate surface area is 109 Å². The van der Waals surface area contributed by atoms with E-state index in [0.29, 0.717) is 6.04 Å². The van der Waals surface area contributed by atoms with Crippen molar-refractivity contribution in [3.8, 4) is 0 Å². The monoisotopic (exact) mass is 250 g/mol. The van der Waals surface area contributed by atoms with Crippen LogP contribution in [0.25, 0.3) is 0 Å². The van der Waals surface area contributed by atoms with E-state index in [-0.39, 0.29) is 0 Å². The first-order valence-corrected chi connectivity index (χ1v) is 6.70. The molecule has 5 heteroatoms. The SMILES string of the molecule is CCNc1ncnc(N2CCOCC2C)c1CC. The topological polar surface area (TPSA) is 50.3 Å². The number of aromatic nitrogens is 2. The van der Waals surface area contributed by atoms with Crippen LogP contribution in [-0.2, 0) is 11.2 Å². The van der Waals surface area contributed by atoms with Crippen LogP contribution in [0, 0.1) is 0 Å². The van der Waals surface area contributed by atoms with Gasteiger partial charge in [-0.3, -0.25) is 0 Å². The Balaban J connectivity index is 2.33. The van der Waals surface area contributed by atoms with Gasteiger partial charge >= 0.3 is 0 Å². The lowest BCUT2D eigenvalue weighted by molar-refractivity contribution is 0.0984. The average molecular weight is 250 g/mol. The van der Waals surface area contributed by atoms with Crippen molar-refractivity contribution in [2.24, 2.45) is 0 Å². The average Bonchev–Trinajstić information content (AvgIpc) is 2.39. The van der Waals surface area contributed by atoms with Crippen LogP contribution in [0.4, 0.5) is 11.6 Å². The summed E-state index contributed by atoms with van der Waals surface area (Å²) >= 11 is 0. The largest absolute Gasteiger partial charge is 0.377 e. The molecule has 0 aromatic carbocycles. The zero-order valence-electron chi connectivity index (χ0n) is 11.4. The highest BCUT2D eigenvalue weighted by Crippen LogP contribution is 2.26. The maximum absolute atomic E-state index is 5.48. The number of morpholine rings is 1. The highest BCUT2D eigenvalue weighted by Gasteiger charge is 2.23. The van der Waals surface area contributed by atoms with Crippen molar-refractivity contribution in [1.29, 1.82) is 0 Å². The Hall–Kier alpha value is -1.36. The Morgan fingerprint density at radius 3 is 2.94 bits per heavy atom. The third-order valence-electron chi connectivity index (χ3n) is 3.26. The van der Waals surface area contributed by atoms with Crippen LogP contribution in [-0.4, -0.2) is 42.3 Å². The molecule has 1 atom stereocenters. The lowest BCUT2D eigenvalue weighted by Crippen LogP contribution is -2.44. The molecule has 1 aliphatic heterocycles. The van der Waals surface area contributed by atoms with Gasteiger partial charge in [0.1, 0.15) is 18.0 Å². The van der Waals surface area contributed by atoms with E-state index in [0.717, 1.165) is 44.4 Å². The van der Waals surface area contributed by atoms with E-state index in [1.807, 2.05) is 0 Å². The zero-order chi connectivity index (χ0) is 13.0. The minimum absolute atomic E-state index is 0.369. The lowest BCUT2D eigenvalue weighted by atomic mass is 10.1. The fourth-order valence-corrected chi connectivity index (χ4v) is 2.34. The van der Waals surface area contributed by atoms with Crippen LogP contribution in [0.15, 0.2) is 6.33 Å². The molecule has 1 aromatic rings. The fourth-order valence-electron chi connectivity index (χ4n) is 2.34. The maximum Gasteiger partial charge on any atom is 0.137 e. The summed E-state index contributed by atoms with van der Waals surface area (Å²) in [5.74, 6) is 2.02. The van der Waals surface area contributed by atoms with Gasteiger partial charge in [-0.1, -0.05) is 6.92 Å². The predicted octanol–water partition coefficient (Wildman–Crippen LogP) is 1.70. The molecule has 1 unspecified atom stereocenters. The number of nitrogens with one attached hydrogen (secondary N) is 1. The molecule has 0 spiro atoms. The van der Waals surface area contributed by atoms with Crippen molar-refractivity contribution >= 4 is 11.6 Å². The van der Waals surface area contributed by atoms with Crippen LogP contribution in [0.2, 0.25) is 0 Å². The molecule has 100 valence electrons. The molecule has 0 bridgehead atoms.